The fourth-order valence-corrected chi connectivity index (χ4v) is 4.82. The van der Waals surface area contributed by atoms with E-state index in [9.17, 15) is 0 Å². The van der Waals surface area contributed by atoms with Crippen LogP contribution >= 0.6 is 23.5 Å². The van der Waals surface area contributed by atoms with Gasteiger partial charge in [0.25, 0.3) is 0 Å². The van der Waals surface area contributed by atoms with Crippen LogP contribution in [0.25, 0.3) is 5.57 Å². The zero-order valence-electron chi connectivity index (χ0n) is 15.3. The lowest BCUT2D eigenvalue weighted by atomic mass is 9.92. The van der Waals surface area contributed by atoms with E-state index in [-0.39, 0.29) is 0 Å². The Balaban J connectivity index is 2.20. The minimum atomic E-state index is 0.897. The van der Waals surface area contributed by atoms with Crippen LogP contribution in [-0.2, 0) is 0 Å². The van der Waals surface area contributed by atoms with Gasteiger partial charge >= 0.3 is 0 Å². The van der Waals surface area contributed by atoms with Crippen LogP contribution in [0.4, 0.5) is 5.69 Å². The molecule has 0 fully saturated rings. The van der Waals surface area contributed by atoms with Crippen molar-refractivity contribution in [3.8, 4) is 0 Å². The van der Waals surface area contributed by atoms with E-state index in [0.717, 1.165) is 25.6 Å². The number of hydrogen-bond acceptors (Lipinski definition) is 4. The second-order valence-corrected chi connectivity index (χ2v) is 8.66. The van der Waals surface area contributed by atoms with Gasteiger partial charge in [-0.1, -0.05) is 78.6 Å². The third-order valence-corrected chi connectivity index (χ3v) is 6.14. The summed E-state index contributed by atoms with van der Waals surface area (Å²) in [6.45, 7) is 12.4. The Kier molecular flexibility index (Phi) is 5.74. The predicted octanol–water partition coefficient (Wildman–Crippen LogP) is 6.68. The molecule has 0 saturated carbocycles. The number of allylic oxidation sites excluding steroid dienone is 1. The fraction of sp³-hybridized carbons (Fsp3) is 0.136. The first-order valence-corrected chi connectivity index (χ1v) is 9.98. The molecule has 2 nitrogen and oxygen atoms in total. The van der Waals surface area contributed by atoms with E-state index in [0.29, 0.717) is 0 Å². The van der Waals surface area contributed by atoms with Gasteiger partial charge in [-0.3, -0.25) is 4.99 Å². The Morgan fingerprint density at radius 2 is 1.85 bits per heavy atom. The van der Waals surface area contributed by atoms with Crippen LogP contribution in [0.5, 0.6) is 0 Å². The maximum Gasteiger partial charge on any atom is 0.133 e. The highest BCUT2D eigenvalue weighted by atomic mass is 32.2. The number of hydrogen-bond donors (Lipinski definition) is 1. The van der Waals surface area contributed by atoms with Crippen molar-refractivity contribution in [2.45, 2.75) is 13.8 Å². The first kappa shape index (κ1) is 18.6. The average Bonchev–Trinajstić information content (AvgIpc) is 2.62. The quantitative estimate of drug-likeness (QED) is 0.476. The summed E-state index contributed by atoms with van der Waals surface area (Å²) in [7, 11) is 1.82. The molecule has 0 radical (unpaired) electrons. The zero-order chi connectivity index (χ0) is 18.7. The van der Waals surface area contributed by atoms with Crippen molar-refractivity contribution >= 4 is 39.2 Å². The second kappa shape index (κ2) is 8.02. The number of aliphatic imine (C=N–C) groups is 1. The number of nitrogens with zero attached hydrogens (tertiary/aromatic N) is 1. The topological polar surface area (TPSA) is 24.4 Å². The van der Waals surface area contributed by atoms with E-state index in [1.165, 1.54) is 22.3 Å². The van der Waals surface area contributed by atoms with Crippen molar-refractivity contribution in [2.75, 3.05) is 12.4 Å². The molecule has 1 heterocycles. The van der Waals surface area contributed by atoms with E-state index in [1.807, 2.05) is 20.0 Å². The minimum Gasteiger partial charge on any atom is -0.355 e. The van der Waals surface area contributed by atoms with E-state index in [2.05, 4.69) is 72.9 Å². The molecule has 26 heavy (non-hydrogen) atoms. The molecule has 1 aliphatic heterocycles. The Hall–Kier alpha value is -2.17. The molecule has 2 aromatic carbocycles. The van der Waals surface area contributed by atoms with E-state index < -0.39 is 0 Å². The molecule has 1 aliphatic rings. The molecule has 0 aliphatic carbocycles. The van der Waals surface area contributed by atoms with E-state index in [1.54, 1.807) is 23.5 Å². The Morgan fingerprint density at radius 1 is 1.12 bits per heavy atom. The van der Waals surface area contributed by atoms with Gasteiger partial charge < -0.3 is 5.32 Å². The largest absolute Gasteiger partial charge is 0.355 e. The van der Waals surface area contributed by atoms with Gasteiger partial charge in [0, 0.05) is 34.5 Å². The van der Waals surface area contributed by atoms with Gasteiger partial charge in [0.05, 0.1) is 0 Å². The number of benzene rings is 2. The van der Waals surface area contributed by atoms with Crippen molar-refractivity contribution in [1.29, 1.82) is 0 Å². The number of thioether (sulfide) groups is 2. The highest BCUT2D eigenvalue weighted by Crippen LogP contribution is 2.45. The maximum absolute atomic E-state index is 4.44. The van der Waals surface area contributed by atoms with Gasteiger partial charge in [-0.15, -0.1) is 0 Å². The standard InChI is InChI=1S/C22H22N2S2/c1-14(2)25-22(23-5)26-21-16(4)24-19-12-11-15(3)13-18(19)20(21)17-9-7-6-8-10-17/h6-13,24H,1,4H2,2-3,5H3. The van der Waals surface area contributed by atoms with Crippen LogP contribution in [0.2, 0.25) is 0 Å². The van der Waals surface area contributed by atoms with Crippen LogP contribution in [0.1, 0.15) is 23.6 Å². The lowest BCUT2D eigenvalue weighted by molar-refractivity contribution is 1.36. The van der Waals surface area contributed by atoms with Crippen LogP contribution in [-0.4, -0.2) is 11.4 Å². The highest BCUT2D eigenvalue weighted by Gasteiger charge is 2.24. The number of anilines is 1. The molecule has 2 aromatic rings. The molecule has 132 valence electrons. The normalized spacial score (nSPS) is 14.1. The third kappa shape index (κ3) is 3.97. The second-order valence-electron chi connectivity index (χ2n) is 6.12. The van der Waals surface area contributed by atoms with Crippen molar-refractivity contribution in [3.05, 3.63) is 93.9 Å². The number of fused-ring (bicyclic) bond motifs is 1. The first-order valence-electron chi connectivity index (χ1n) is 8.34. The highest BCUT2D eigenvalue weighted by molar-refractivity contribution is 8.41. The molecule has 3 rings (SSSR count). The molecular formula is C22H22N2S2. The van der Waals surface area contributed by atoms with E-state index in [4.69, 9.17) is 0 Å². The van der Waals surface area contributed by atoms with Crippen LogP contribution in [0.15, 0.2) is 82.2 Å². The van der Waals surface area contributed by atoms with Crippen LogP contribution in [0.3, 0.4) is 0 Å². The van der Waals surface area contributed by atoms with Gasteiger partial charge in [0.2, 0.25) is 0 Å². The summed E-state index contributed by atoms with van der Waals surface area (Å²) in [4.78, 5) is 6.56. The monoisotopic (exact) mass is 378 g/mol. The minimum absolute atomic E-state index is 0.897. The van der Waals surface area contributed by atoms with Gasteiger partial charge in [0.1, 0.15) is 4.38 Å². The van der Waals surface area contributed by atoms with Gasteiger partial charge in [0.15, 0.2) is 0 Å². The summed E-state index contributed by atoms with van der Waals surface area (Å²) < 4.78 is 0.958. The molecule has 0 amide bonds. The molecule has 4 heteroatoms. The summed E-state index contributed by atoms with van der Waals surface area (Å²) in [5, 5.41) is 3.46. The molecule has 1 N–H and O–H groups in total. The van der Waals surface area contributed by atoms with Crippen molar-refractivity contribution in [2.24, 2.45) is 4.99 Å². The number of nitrogens with one attached hydrogen (secondary N) is 1. The lowest BCUT2D eigenvalue weighted by Gasteiger charge is -2.27. The SMILES string of the molecule is C=C(C)SC(=NC)SC1=C(c2ccccc2)c2cc(C)ccc2NC1=C. The summed E-state index contributed by atoms with van der Waals surface area (Å²) in [5.41, 5.74) is 6.79. The smallest absolute Gasteiger partial charge is 0.133 e. The average molecular weight is 379 g/mol. The van der Waals surface area contributed by atoms with Gasteiger partial charge in [-0.2, -0.15) is 0 Å². The zero-order valence-corrected chi connectivity index (χ0v) is 16.9. The molecule has 0 spiro atoms. The Labute approximate surface area is 164 Å². The Morgan fingerprint density at radius 3 is 2.50 bits per heavy atom. The van der Waals surface area contributed by atoms with Gasteiger partial charge in [-0.25, -0.2) is 0 Å². The molecule has 0 unspecified atom stereocenters. The van der Waals surface area contributed by atoms with Crippen LogP contribution in [0, 0.1) is 6.92 Å². The summed E-state index contributed by atoms with van der Waals surface area (Å²) in [6.07, 6.45) is 0. The summed E-state index contributed by atoms with van der Waals surface area (Å²) >= 11 is 3.24. The lowest BCUT2D eigenvalue weighted by Crippen LogP contribution is -2.12. The molecule has 0 atom stereocenters. The Bertz CT molecular complexity index is 924. The fourth-order valence-electron chi connectivity index (χ4n) is 2.82. The van der Waals surface area contributed by atoms with Crippen molar-refractivity contribution in [3.63, 3.8) is 0 Å². The molecule has 0 bridgehead atoms. The third-order valence-electron chi connectivity index (χ3n) is 3.93. The summed E-state index contributed by atoms with van der Waals surface area (Å²) in [6, 6.07) is 17.0. The van der Waals surface area contributed by atoms with Crippen molar-refractivity contribution < 1.29 is 0 Å². The molecule has 0 saturated heterocycles. The molecule has 0 aromatic heterocycles. The maximum atomic E-state index is 4.44. The molecular weight excluding hydrogens is 356 g/mol. The van der Waals surface area contributed by atoms with E-state index >= 15 is 0 Å². The number of aryl methyl sites for hydroxylation is 1. The number of rotatable bonds is 3. The summed E-state index contributed by atoms with van der Waals surface area (Å²) in [5.74, 6) is 0. The van der Waals surface area contributed by atoms with Crippen LogP contribution < -0.4 is 5.32 Å². The first-order chi connectivity index (χ1) is 12.5. The predicted molar refractivity (Wildman–Crippen MR) is 120 cm³/mol. The van der Waals surface area contributed by atoms with Gasteiger partial charge in [-0.05, 0) is 36.4 Å². The van der Waals surface area contributed by atoms with Crippen molar-refractivity contribution in [1.82, 2.24) is 0 Å².